The Labute approximate surface area is 157 Å². The molecule has 0 bridgehead atoms. The van der Waals surface area contributed by atoms with E-state index >= 15 is 0 Å². The number of nitrogens with zero attached hydrogens (tertiary/aromatic N) is 1. The van der Waals surface area contributed by atoms with Crippen LogP contribution in [0.4, 0.5) is 5.69 Å². The Morgan fingerprint density at radius 1 is 1.04 bits per heavy atom. The monoisotopic (exact) mass is 371 g/mol. The molecule has 2 aromatic carbocycles. The number of carbonyl (C=O) groups is 2. The van der Waals surface area contributed by atoms with Crippen LogP contribution in [0.5, 0.6) is 0 Å². The molecule has 0 aromatic heterocycles. The minimum Gasteiger partial charge on any atom is -0.462 e. The van der Waals surface area contributed by atoms with E-state index in [1.165, 1.54) is 24.3 Å². The van der Waals surface area contributed by atoms with Gasteiger partial charge in [0.2, 0.25) is 0 Å². The summed E-state index contributed by atoms with van der Waals surface area (Å²) in [5.74, 6) is -1.07. The van der Waals surface area contributed by atoms with Gasteiger partial charge in [0.05, 0.1) is 22.7 Å². The fraction of sp³-hybridized carbons (Fsp3) is 0.300. The van der Waals surface area contributed by atoms with E-state index < -0.39 is 16.9 Å². The molecule has 0 atom stereocenters. The maximum Gasteiger partial charge on any atom is 0.339 e. The molecule has 0 N–H and O–H groups in total. The van der Waals surface area contributed by atoms with Gasteiger partial charge < -0.3 is 9.47 Å². The van der Waals surface area contributed by atoms with Crippen LogP contribution >= 0.6 is 0 Å². The number of aryl methyl sites for hydroxylation is 1. The molecular weight excluding hydrogens is 350 g/mol. The van der Waals surface area contributed by atoms with Gasteiger partial charge in [-0.15, -0.1) is 0 Å². The minimum atomic E-state index is -0.664. The van der Waals surface area contributed by atoms with E-state index in [4.69, 9.17) is 9.47 Å². The average molecular weight is 371 g/mol. The van der Waals surface area contributed by atoms with Crippen molar-refractivity contribution >= 4 is 17.6 Å². The van der Waals surface area contributed by atoms with Crippen LogP contribution in [-0.2, 0) is 16.1 Å². The fourth-order valence-electron chi connectivity index (χ4n) is 2.40. The van der Waals surface area contributed by atoms with Gasteiger partial charge in [-0.3, -0.25) is 10.1 Å². The average Bonchev–Trinajstić information content (AvgIpc) is 2.63. The summed E-state index contributed by atoms with van der Waals surface area (Å²) in [6, 6.07) is 10.8. The molecule has 0 heterocycles. The summed E-state index contributed by atoms with van der Waals surface area (Å²) in [4.78, 5) is 35.0. The highest BCUT2D eigenvalue weighted by molar-refractivity contribution is 6.03. The van der Waals surface area contributed by atoms with Crippen LogP contribution in [0.1, 0.15) is 45.7 Å². The Balaban J connectivity index is 2.09. The summed E-state index contributed by atoms with van der Waals surface area (Å²) in [7, 11) is 0. The number of carbonyl (C=O) groups excluding carboxylic acids is 2. The van der Waals surface area contributed by atoms with Crippen LogP contribution < -0.4 is 0 Å². The normalized spacial score (nSPS) is 10.5. The Morgan fingerprint density at radius 3 is 2.15 bits per heavy atom. The summed E-state index contributed by atoms with van der Waals surface area (Å²) in [6.07, 6.45) is 0. The van der Waals surface area contributed by atoms with Crippen molar-refractivity contribution in [1.82, 2.24) is 0 Å². The van der Waals surface area contributed by atoms with Gasteiger partial charge in [0.25, 0.3) is 5.69 Å². The number of nitro benzene ring substituents is 1. The van der Waals surface area contributed by atoms with Crippen molar-refractivity contribution < 1.29 is 24.0 Å². The predicted molar refractivity (Wildman–Crippen MR) is 98.5 cm³/mol. The second-order valence-electron chi connectivity index (χ2n) is 6.49. The summed E-state index contributed by atoms with van der Waals surface area (Å²) in [5.41, 5.74) is 1.36. The molecule has 0 radical (unpaired) electrons. The molecule has 0 fully saturated rings. The highest BCUT2D eigenvalue weighted by atomic mass is 16.6. The molecule has 0 aliphatic carbocycles. The summed E-state index contributed by atoms with van der Waals surface area (Å²) < 4.78 is 10.5. The standard InChI is InChI=1S/C20H21NO6/c1-13(2)11-26-19(22)16-6-4-5-7-17(16)20(23)27-12-15-8-9-18(21(24)25)14(3)10-15/h4-10,13H,11-12H2,1-3H3. The lowest BCUT2D eigenvalue weighted by atomic mass is 10.1. The van der Waals surface area contributed by atoms with Gasteiger partial charge in [0.15, 0.2) is 0 Å². The van der Waals surface area contributed by atoms with Gasteiger partial charge in [-0.1, -0.05) is 26.0 Å². The molecular formula is C20H21NO6. The molecule has 0 spiro atoms. The number of hydrogen-bond acceptors (Lipinski definition) is 6. The predicted octanol–water partition coefficient (Wildman–Crippen LogP) is 4.07. The fourth-order valence-corrected chi connectivity index (χ4v) is 2.40. The largest absolute Gasteiger partial charge is 0.462 e. The lowest BCUT2D eigenvalue weighted by molar-refractivity contribution is -0.385. The van der Waals surface area contributed by atoms with E-state index in [0.717, 1.165) is 0 Å². The number of ether oxygens (including phenoxy) is 2. The number of hydrogen-bond donors (Lipinski definition) is 0. The van der Waals surface area contributed by atoms with Crippen molar-refractivity contribution in [3.8, 4) is 0 Å². The zero-order valence-electron chi connectivity index (χ0n) is 15.4. The van der Waals surface area contributed by atoms with Crippen molar-refractivity contribution in [2.24, 2.45) is 5.92 Å². The van der Waals surface area contributed by atoms with Crippen LogP contribution in [0.2, 0.25) is 0 Å². The summed E-state index contributed by atoms with van der Waals surface area (Å²) in [5, 5.41) is 10.9. The highest BCUT2D eigenvalue weighted by Crippen LogP contribution is 2.20. The molecule has 142 valence electrons. The topological polar surface area (TPSA) is 95.7 Å². The van der Waals surface area contributed by atoms with Crippen molar-refractivity contribution in [1.29, 1.82) is 0 Å². The van der Waals surface area contributed by atoms with Crippen LogP contribution in [0, 0.1) is 23.0 Å². The maximum absolute atomic E-state index is 12.4. The second kappa shape index (κ2) is 8.93. The minimum absolute atomic E-state index is 0.00307. The van der Waals surface area contributed by atoms with Crippen molar-refractivity contribution in [2.75, 3.05) is 6.61 Å². The Bertz CT molecular complexity index is 859. The van der Waals surface area contributed by atoms with E-state index in [1.807, 2.05) is 13.8 Å². The van der Waals surface area contributed by atoms with Crippen LogP contribution in [-0.4, -0.2) is 23.5 Å². The highest BCUT2D eigenvalue weighted by Gasteiger charge is 2.19. The SMILES string of the molecule is Cc1cc(COC(=O)c2ccccc2C(=O)OCC(C)C)ccc1[N+](=O)[O-]. The Kier molecular flexibility index (Phi) is 6.65. The summed E-state index contributed by atoms with van der Waals surface area (Å²) >= 11 is 0. The van der Waals surface area contributed by atoms with Crippen LogP contribution in [0.15, 0.2) is 42.5 Å². The van der Waals surface area contributed by atoms with Gasteiger partial charge in [0, 0.05) is 11.6 Å². The molecule has 27 heavy (non-hydrogen) atoms. The van der Waals surface area contributed by atoms with Crippen LogP contribution in [0.3, 0.4) is 0 Å². The molecule has 2 rings (SSSR count). The first-order valence-corrected chi connectivity index (χ1v) is 8.46. The van der Waals surface area contributed by atoms with Crippen molar-refractivity contribution in [2.45, 2.75) is 27.4 Å². The molecule has 0 aliphatic heterocycles. The molecule has 2 aromatic rings. The lowest BCUT2D eigenvalue weighted by Crippen LogP contribution is -2.16. The number of esters is 2. The quantitative estimate of drug-likeness (QED) is 0.413. The van der Waals surface area contributed by atoms with Gasteiger partial charge in [0.1, 0.15) is 6.61 Å². The third kappa shape index (κ3) is 5.37. The molecule has 7 heteroatoms. The molecule has 0 amide bonds. The smallest absolute Gasteiger partial charge is 0.339 e. The van der Waals surface area contributed by atoms with Gasteiger partial charge in [-0.05, 0) is 42.7 Å². The van der Waals surface area contributed by atoms with Gasteiger partial charge >= 0.3 is 11.9 Å². The third-order valence-electron chi connectivity index (χ3n) is 3.74. The van der Waals surface area contributed by atoms with E-state index in [0.29, 0.717) is 11.1 Å². The Hall–Kier alpha value is -3.22. The summed E-state index contributed by atoms with van der Waals surface area (Å²) in [6.45, 7) is 5.64. The third-order valence-corrected chi connectivity index (χ3v) is 3.74. The molecule has 0 aliphatic rings. The van der Waals surface area contributed by atoms with Crippen LogP contribution in [0.25, 0.3) is 0 Å². The lowest BCUT2D eigenvalue weighted by Gasteiger charge is -2.11. The number of nitro groups is 1. The number of rotatable bonds is 7. The molecule has 7 nitrogen and oxygen atoms in total. The zero-order valence-corrected chi connectivity index (χ0v) is 15.4. The molecule has 0 unspecified atom stereocenters. The van der Waals surface area contributed by atoms with E-state index in [-0.39, 0.29) is 35.9 Å². The number of benzene rings is 2. The van der Waals surface area contributed by atoms with Crippen molar-refractivity contribution in [3.05, 3.63) is 74.8 Å². The van der Waals surface area contributed by atoms with Gasteiger partial charge in [-0.25, -0.2) is 9.59 Å². The first-order valence-electron chi connectivity index (χ1n) is 8.46. The first kappa shape index (κ1) is 20.1. The van der Waals surface area contributed by atoms with E-state index in [2.05, 4.69) is 0 Å². The van der Waals surface area contributed by atoms with Gasteiger partial charge in [-0.2, -0.15) is 0 Å². The molecule has 0 saturated carbocycles. The van der Waals surface area contributed by atoms with E-state index in [1.54, 1.807) is 25.1 Å². The zero-order chi connectivity index (χ0) is 20.0. The maximum atomic E-state index is 12.4. The van der Waals surface area contributed by atoms with Crippen molar-refractivity contribution in [3.63, 3.8) is 0 Å². The first-order chi connectivity index (χ1) is 12.8. The second-order valence-corrected chi connectivity index (χ2v) is 6.49. The molecule has 0 saturated heterocycles. The van der Waals surface area contributed by atoms with E-state index in [9.17, 15) is 19.7 Å². The Morgan fingerprint density at radius 2 is 1.63 bits per heavy atom.